The SMILES string of the molecule is Cc1noc(C)c1-c1nc2sc3c(c2c(=O)[nH]1)CCN(CC(=O)Nc1ccccc1N)C3. The Hall–Kier alpha value is -3.50. The van der Waals surface area contributed by atoms with Crippen LogP contribution in [0.2, 0.25) is 0 Å². The van der Waals surface area contributed by atoms with E-state index in [4.69, 9.17) is 15.2 Å². The average molecular weight is 451 g/mol. The number of para-hydroxylation sites is 2. The molecule has 164 valence electrons. The third-order valence-corrected chi connectivity index (χ3v) is 6.77. The smallest absolute Gasteiger partial charge is 0.260 e. The molecule has 1 aliphatic heterocycles. The minimum atomic E-state index is -0.159. The van der Waals surface area contributed by atoms with Crippen molar-refractivity contribution in [2.45, 2.75) is 26.8 Å². The Morgan fingerprint density at radius 2 is 2.16 bits per heavy atom. The van der Waals surface area contributed by atoms with E-state index in [1.807, 2.05) is 19.1 Å². The molecule has 0 aliphatic carbocycles. The number of carbonyl (C=O) groups is 1. The molecule has 10 heteroatoms. The van der Waals surface area contributed by atoms with E-state index in [2.05, 4.69) is 20.4 Å². The zero-order chi connectivity index (χ0) is 22.4. The van der Waals surface area contributed by atoms with Gasteiger partial charge in [-0.3, -0.25) is 14.5 Å². The van der Waals surface area contributed by atoms with E-state index in [-0.39, 0.29) is 18.0 Å². The van der Waals surface area contributed by atoms with Gasteiger partial charge in [0, 0.05) is 18.0 Å². The Morgan fingerprint density at radius 1 is 1.34 bits per heavy atom. The van der Waals surface area contributed by atoms with Gasteiger partial charge in [-0.15, -0.1) is 11.3 Å². The summed E-state index contributed by atoms with van der Waals surface area (Å²) in [5, 5.41) is 7.46. The molecule has 1 aliphatic rings. The first-order valence-electron chi connectivity index (χ1n) is 10.2. The van der Waals surface area contributed by atoms with Gasteiger partial charge in [0.25, 0.3) is 5.56 Å². The highest BCUT2D eigenvalue weighted by Crippen LogP contribution is 2.34. The lowest BCUT2D eigenvalue weighted by atomic mass is 10.1. The summed E-state index contributed by atoms with van der Waals surface area (Å²) >= 11 is 1.50. The highest BCUT2D eigenvalue weighted by atomic mass is 32.1. The van der Waals surface area contributed by atoms with Gasteiger partial charge < -0.3 is 20.6 Å². The minimum Gasteiger partial charge on any atom is -0.397 e. The highest BCUT2D eigenvalue weighted by Gasteiger charge is 2.26. The maximum Gasteiger partial charge on any atom is 0.260 e. The van der Waals surface area contributed by atoms with Gasteiger partial charge in [-0.05, 0) is 38.0 Å². The number of hydrogen-bond donors (Lipinski definition) is 3. The number of aromatic amines is 1. The molecule has 5 rings (SSSR count). The molecule has 4 aromatic rings. The number of hydrogen-bond acceptors (Lipinski definition) is 8. The van der Waals surface area contributed by atoms with E-state index < -0.39 is 0 Å². The van der Waals surface area contributed by atoms with Crippen molar-refractivity contribution in [2.24, 2.45) is 0 Å². The van der Waals surface area contributed by atoms with Crippen molar-refractivity contribution in [1.29, 1.82) is 0 Å². The lowest BCUT2D eigenvalue weighted by Gasteiger charge is -2.26. The van der Waals surface area contributed by atoms with Gasteiger partial charge in [-0.2, -0.15) is 0 Å². The first-order chi connectivity index (χ1) is 15.4. The molecule has 0 bridgehead atoms. The molecule has 0 radical (unpaired) electrons. The summed E-state index contributed by atoms with van der Waals surface area (Å²) in [5.41, 5.74) is 9.32. The molecule has 0 saturated heterocycles. The van der Waals surface area contributed by atoms with Crippen LogP contribution in [0.15, 0.2) is 33.6 Å². The van der Waals surface area contributed by atoms with Gasteiger partial charge in [-0.25, -0.2) is 4.98 Å². The van der Waals surface area contributed by atoms with Crippen LogP contribution in [0.3, 0.4) is 0 Å². The lowest BCUT2D eigenvalue weighted by molar-refractivity contribution is -0.117. The monoisotopic (exact) mass is 450 g/mol. The molecule has 3 aromatic heterocycles. The van der Waals surface area contributed by atoms with Gasteiger partial charge in [0.05, 0.1) is 34.6 Å². The number of amides is 1. The fourth-order valence-electron chi connectivity index (χ4n) is 4.13. The molecule has 0 unspecified atom stereocenters. The van der Waals surface area contributed by atoms with Gasteiger partial charge in [0.1, 0.15) is 16.4 Å². The van der Waals surface area contributed by atoms with Crippen LogP contribution < -0.4 is 16.6 Å². The standard InChI is InChI=1S/C22H22N6O3S/c1-11-18(12(2)31-27-11)20-25-21(30)19-13-7-8-28(9-16(13)32-22(19)26-20)10-17(29)24-15-6-4-3-5-14(15)23/h3-6H,7-10,23H2,1-2H3,(H,24,29)(H,25,26,30). The lowest BCUT2D eigenvalue weighted by Crippen LogP contribution is -2.36. The molecular weight excluding hydrogens is 428 g/mol. The number of aromatic nitrogens is 3. The van der Waals surface area contributed by atoms with Crippen molar-refractivity contribution in [3.63, 3.8) is 0 Å². The Morgan fingerprint density at radius 3 is 2.91 bits per heavy atom. The maximum atomic E-state index is 12.9. The van der Waals surface area contributed by atoms with Crippen molar-refractivity contribution in [1.82, 2.24) is 20.0 Å². The Bertz CT molecular complexity index is 1380. The van der Waals surface area contributed by atoms with Gasteiger partial charge >= 0.3 is 0 Å². The van der Waals surface area contributed by atoms with Crippen LogP contribution in [0.25, 0.3) is 21.6 Å². The summed E-state index contributed by atoms with van der Waals surface area (Å²) in [6.07, 6.45) is 0.686. The van der Waals surface area contributed by atoms with Gasteiger partial charge in [0.15, 0.2) is 0 Å². The predicted molar refractivity (Wildman–Crippen MR) is 124 cm³/mol. The van der Waals surface area contributed by atoms with E-state index >= 15 is 0 Å². The van der Waals surface area contributed by atoms with E-state index in [0.29, 0.717) is 63.9 Å². The number of rotatable bonds is 4. The molecule has 0 spiro atoms. The molecule has 4 N–H and O–H groups in total. The molecule has 4 heterocycles. The summed E-state index contributed by atoms with van der Waals surface area (Å²) in [4.78, 5) is 36.9. The molecule has 9 nitrogen and oxygen atoms in total. The number of aryl methyl sites for hydroxylation is 2. The van der Waals surface area contributed by atoms with Crippen molar-refractivity contribution in [3.8, 4) is 11.4 Å². The molecule has 0 fully saturated rings. The Kier molecular flexibility index (Phi) is 5.03. The number of fused-ring (bicyclic) bond motifs is 3. The number of nitrogens with one attached hydrogen (secondary N) is 2. The number of H-pyrrole nitrogens is 1. The third-order valence-electron chi connectivity index (χ3n) is 5.66. The van der Waals surface area contributed by atoms with Crippen LogP contribution in [0.4, 0.5) is 11.4 Å². The Labute approximate surface area is 187 Å². The molecule has 0 atom stereocenters. The largest absolute Gasteiger partial charge is 0.397 e. The van der Waals surface area contributed by atoms with Crippen LogP contribution >= 0.6 is 11.3 Å². The second-order valence-corrected chi connectivity index (χ2v) is 8.98. The number of benzene rings is 1. The number of thiophene rings is 1. The first-order valence-corrected chi connectivity index (χ1v) is 11.1. The maximum absolute atomic E-state index is 12.9. The van der Waals surface area contributed by atoms with Crippen LogP contribution in [-0.2, 0) is 17.8 Å². The summed E-state index contributed by atoms with van der Waals surface area (Å²) < 4.78 is 5.22. The van der Waals surface area contributed by atoms with Crippen molar-refractivity contribution in [2.75, 3.05) is 24.1 Å². The van der Waals surface area contributed by atoms with Crippen molar-refractivity contribution < 1.29 is 9.32 Å². The van der Waals surface area contributed by atoms with Crippen LogP contribution in [0, 0.1) is 13.8 Å². The summed E-state index contributed by atoms with van der Waals surface area (Å²) in [6, 6.07) is 7.19. The van der Waals surface area contributed by atoms with Gasteiger partial charge in [-0.1, -0.05) is 17.3 Å². The number of anilines is 2. The fourth-order valence-corrected chi connectivity index (χ4v) is 5.40. The molecule has 1 amide bonds. The molecular formula is C22H22N6O3S. The molecule has 1 aromatic carbocycles. The van der Waals surface area contributed by atoms with E-state index in [1.54, 1.807) is 19.1 Å². The highest BCUT2D eigenvalue weighted by molar-refractivity contribution is 7.18. The summed E-state index contributed by atoms with van der Waals surface area (Å²) in [7, 11) is 0. The predicted octanol–water partition coefficient (Wildman–Crippen LogP) is 2.84. The number of nitrogens with zero attached hydrogens (tertiary/aromatic N) is 3. The second kappa shape index (κ2) is 7.88. The number of carbonyl (C=O) groups excluding carboxylic acids is 1. The quantitative estimate of drug-likeness (QED) is 0.408. The fraction of sp³-hybridized carbons (Fsp3) is 0.273. The van der Waals surface area contributed by atoms with E-state index in [1.165, 1.54) is 11.3 Å². The topological polar surface area (TPSA) is 130 Å². The zero-order valence-corrected chi connectivity index (χ0v) is 18.5. The van der Waals surface area contributed by atoms with Crippen molar-refractivity contribution >= 4 is 38.8 Å². The van der Waals surface area contributed by atoms with E-state index in [0.717, 1.165) is 10.4 Å². The Balaban J connectivity index is 1.39. The molecule has 32 heavy (non-hydrogen) atoms. The van der Waals surface area contributed by atoms with Crippen molar-refractivity contribution in [3.05, 3.63) is 56.5 Å². The molecule has 0 saturated carbocycles. The van der Waals surface area contributed by atoms with Gasteiger partial charge in [0.2, 0.25) is 5.91 Å². The van der Waals surface area contributed by atoms with Crippen LogP contribution in [0.1, 0.15) is 21.9 Å². The first kappa shape index (κ1) is 20.4. The zero-order valence-electron chi connectivity index (χ0n) is 17.7. The van der Waals surface area contributed by atoms with E-state index in [9.17, 15) is 9.59 Å². The third kappa shape index (κ3) is 3.57. The van der Waals surface area contributed by atoms with Crippen LogP contribution in [0.5, 0.6) is 0 Å². The van der Waals surface area contributed by atoms with Crippen LogP contribution in [-0.4, -0.2) is 39.0 Å². The number of nitrogen functional groups attached to an aromatic ring is 1. The normalized spacial score (nSPS) is 13.9. The average Bonchev–Trinajstić information content (AvgIpc) is 3.28. The summed E-state index contributed by atoms with van der Waals surface area (Å²) in [6.45, 7) is 5.14. The minimum absolute atomic E-state index is 0.121. The second-order valence-electron chi connectivity index (χ2n) is 7.89. The number of nitrogens with two attached hydrogens (primary N) is 1. The summed E-state index contributed by atoms with van der Waals surface area (Å²) in [5.74, 6) is 0.959.